The molecule has 0 radical (unpaired) electrons. The molecule has 0 heterocycles. The van der Waals surface area contributed by atoms with Crippen molar-refractivity contribution in [2.75, 3.05) is 6.61 Å². The van der Waals surface area contributed by atoms with Crippen molar-refractivity contribution < 1.29 is 27.1 Å². The molecule has 15 heavy (non-hydrogen) atoms. The van der Waals surface area contributed by atoms with Gasteiger partial charge in [-0.3, -0.25) is 4.79 Å². The summed E-state index contributed by atoms with van der Waals surface area (Å²) in [5, 5.41) is 0. The number of carbonyl (C=O) groups excluding carboxylic acids is 1. The number of benzene rings is 1. The Morgan fingerprint density at radius 2 is 2.00 bits per heavy atom. The van der Waals surface area contributed by atoms with Gasteiger partial charge in [0.15, 0.2) is 6.29 Å². The van der Waals surface area contributed by atoms with E-state index < -0.39 is 17.6 Å². The lowest BCUT2D eigenvalue weighted by Gasteiger charge is -2.09. The number of alkyl halides is 3. The van der Waals surface area contributed by atoms with Gasteiger partial charge < -0.3 is 4.74 Å². The molecule has 6 heteroatoms. The zero-order valence-electron chi connectivity index (χ0n) is 7.34. The van der Waals surface area contributed by atoms with Crippen molar-refractivity contribution in [3.8, 4) is 5.75 Å². The second-order valence-corrected chi connectivity index (χ2v) is 2.62. The molecular formula is C9H6F4O2. The third-order valence-electron chi connectivity index (χ3n) is 1.56. The van der Waals surface area contributed by atoms with Gasteiger partial charge in [-0.05, 0) is 18.2 Å². The summed E-state index contributed by atoms with van der Waals surface area (Å²) < 4.78 is 53.9. The maximum atomic E-state index is 12.7. The van der Waals surface area contributed by atoms with Crippen LogP contribution in [0, 0.1) is 5.82 Å². The highest BCUT2D eigenvalue weighted by Gasteiger charge is 2.34. The third-order valence-corrected chi connectivity index (χ3v) is 1.56. The average molecular weight is 222 g/mol. The van der Waals surface area contributed by atoms with Crippen LogP contribution in [-0.2, 0) is 11.0 Å². The SMILES string of the molecule is O=CCOc1ccc(F)c(C(F)(F)F)c1. The molecule has 0 bridgehead atoms. The molecule has 0 unspecified atom stereocenters. The van der Waals surface area contributed by atoms with Gasteiger partial charge in [-0.25, -0.2) is 4.39 Å². The molecule has 0 atom stereocenters. The van der Waals surface area contributed by atoms with Crippen LogP contribution in [0.25, 0.3) is 0 Å². The van der Waals surface area contributed by atoms with Gasteiger partial charge in [0.1, 0.15) is 18.2 Å². The Labute approximate surface area is 82.5 Å². The zero-order valence-corrected chi connectivity index (χ0v) is 7.34. The first-order valence-electron chi connectivity index (χ1n) is 3.88. The summed E-state index contributed by atoms with van der Waals surface area (Å²) in [7, 11) is 0. The molecule has 0 saturated heterocycles. The summed E-state index contributed by atoms with van der Waals surface area (Å²) in [5.74, 6) is -1.57. The zero-order chi connectivity index (χ0) is 11.5. The summed E-state index contributed by atoms with van der Waals surface area (Å²) in [6, 6.07) is 2.18. The van der Waals surface area contributed by atoms with E-state index in [2.05, 4.69) is 4.74 Å². The van der Waals surface area contributed by atoms with Crippen molar-refractivity contribution >= 4 is 6.29 Å². The van der Waals surface area contributed by atoms with Gasteiger partial charge in [0.05, 0.1) is 5.56 Å². The van der Waals surface area contributed by atoms with Crippen LogP contribution in [0.3, 0.4) is 0 Å². The highest BCUT2D eigenvalue weighted by atomic mass is 19.4. The predicted molar refractivity (Wildman–Crippen MR) is 43.0 cm³/mol. The van der Waals surface area contributed by atoms with Crippen molar-refractivity contribution in [1.29, 1.82) is 0 Å². The van der Waals surface area contributed by atoms with E-state index in [1.54, 1.807) is 0 Å². The van der Waals surface area contributed by atoms with E-state index in [0.29, 0.717) is 18.4 Å². The van der Waals surface area contributed by atoms with Crippen LogP contribution in [0.4, 0.5) is 17.6 Å². The molecule has 0 N–H and O–H groups in total. The molecule has 0 fully saturated rings. The fourth-order valence-electron chi connectivity index (χ4n) is 0.942. The highest BCUT2D eigenvalue weighted by molar-refractivity contribution is 5.51. The number of aldehydes is 1. The molecule has 0 aliphatic carbocycles. The molecule has 0 aliphatic heterocycles. The van der Waals surface area contributed by atoms with Crippen molar-refractivity contribution in [3.05, 3.63) is 29.6 Å². The number of halogens is 4. The molecule has 1 rings (SSSR count). The number of ether oxygens (including phenoxy) is 1. The van der Waals surface area contributed by atoms with Crippen LogP contribution in [0.5, 0.6) is 5.75 Å². The number of hydrogen-bond donors (Lipinski definition) is 0. The molecule has 0 spiro atoms. The van der Waals surface area contributed by atoms with Gasteiger partial charge in [-0.2, -0.15) is 13.2 Å². The predicted octanol–water partition coefficient (Wildman–Crippen LogP) is 2.42. The average Bonchev–Trinajstić information content (AvgIpc) is 2.15. The monoisotopic (exact) mass is 222 g/mol. The van der Waals surface area contributed by atoms with Crippen molar-refractivity contribution in [1.82, 2.24) is 0 Å². The van der Waals surface area contributed by atoms with E-state index in [9.17, 15) is 22.4 Å². The van der Waals surface area contributed by atoms with Crippen molar-refractivity contribution in [2.45, 2.75) is 6.18 Å². The van der Waals surface area contributed by atoms with Crippen LogP contribution in [-0.4, -0.2) is 12.9 Å². The second kappa shape index (κ2) is 4.29. The van der Waals surface area contributed by atoms with E-state index in [-0.39, 0.29) is 12.4 Å². The van der Waals surface area contributed by atoms with Crippen LogP contribution >= 0.6 is 0 Å². The lowest BCUT2D eigenvalue weighted by molar-refractivity contribution is -0.140. The summed E-state index contributed by atoms with van der Waals surface area (Å²) in [5.41, 5.74) is -1.41. The Morgan fingerprint density at radius 1 is 1.33 bits per heavy atom. The van der Waals surface area contributed by atoms with Crippen LogP contribution in [0.2, 0.25) is 0 Å². The van der Waals surface area contributed by atoms with E-state index in [0.717, 1.165) is 6.07 Å². The third kappa shape index (κ3) is 2.93. The minimum atomic E-state index is -4.77. The quantitative estimate of drug-likeness (QED) is 0.579. The number of rotatable bonds is 3. The maximum absolute atomic E-state index is 12.7. The van der Waals surface area contributed by atoms with Crippen LogP contribution in [0.1, 0.15) is 5.56 Å². The Hall–Kier alpha value is -1.59. The lowest BCUT2D eigenvalue weighted by atomic mass is 10.2. The van der Waals surface area contributed by atoms with Gasteiger partial charge >= 0.3 is 6.18 Å². The maximum Gasteiger partial charge on any atom is 0.419 e. The standard InChI is InChI=1S/C9H6F4O2/c10-8-2-1-6(15-4-3-14)5-7(8)9(11,12)13/h1-3,5H,4H2. The molecule has 2 nitrogen and oxygen atoms in total. The van der Waals surface area contributed by atoms with E-state index in [1.807, 2.05) is 0 Å². The second-order valence-electron chi connectivity index (χ2n) is 2.62. The van der Waals surface area contributed by atoms with Gasteiger partial charge in [-0.15, -0.1) is 0 Å². The fourth-order valence-corrected chi connectivity index (χ4v) is 0.942. The molecule has 1 aromatic carbocycles. The molecule has 0 aromatic heterocycles. The molecule has 1 aromatic rings. The fraction of sp³-hybridized carbons (Fsp3) is 0.222. The molecule has 82 valence electrons. The molecule has 0 amide bonds. The first-order valence-corrected chi connectivity index (χ1v) is 3.88. The van der Waals surface area contributed by atoms with Gasteiger partial charge in [0.25, 0.3) is 0 Å². The van der Waals surface area contributed by atoms with E-state index >= 15 is 0 Å². The lowest BCUT2D eigenvalue weighted by Crippen LogP contribution is -2.09. The Bertz CT molecular complexity index is 360. The Kier molecular flexibility index (Phi) is 3.28. The van der Waals surface area contributed by atoms with E-state index in [4.69, 9.17) is 0 Å². The summed E-state index contributed by atoms with van der Waals surface area (Å²) >= 11 is 0. The first-order chi connectivity index (χ1) is 6.95. The minimum absolute atomic E-state index is 0.198. The van der Waals surface area contributed by atoms with Gasteiger partial charge in [-0.1, -0.05) is 0 Å². The number of carbonyl (C=O) groups is 1. The van der Waals surface area contributed by atoms with E-state index in [1.165, 1.54) is 0 Å². The normalized spacial score (nSPS) is 11.2. The van der Waals surface area contributed by atoms with Crippen LogP contribution < -0.4 is 4.74 Å². The Balaban J connectivity index is 3.00. The number of hydrogen-bond acceptors (Lipinski definition) is 2. The summed E-state index contributed by atoms with van der Waals surface area (Å²) in [4.78, 5) is 9.91. The molecule has 0 aliphatic rings. The van der Waals surface area contributed by atoms with Gasteiger partial charge in [0, 0.05) is 0 Å². The van der Waals surface area contributed by atoms with Crippen molar-refractivity contribution in [3.63, 3.8) is 0 Å². The molecule has 0 saturated carbocycles. The summed E-state index contributed by atoms with van der Waals surface area (Å²) in [6.45, 7) is -0.372. The first kappa shape index (κ1) is 11.5. The van der Waals surface area contributed by atoms with Gasteiger partial charge in [0.2, 0.25) is 0 Å². The molecular weight excluding hydrogens is 216 g/mol. The van der Waals surface area contributed by atoms with Crippen molar-refractivity contribution in [2.24, 2.45) is 0 Å². The highest BCUT2D eigenvalue weighted by Crippen LogP contribution is 2.33. The largest absolute Gasteiger partial charge is 0.486 e. The smallest absolute Gasteiger partial charge is 0.419 e. The van der Waals surface area contributed by atoms with Crippen LogP contribution in [0.15, 0.2) is 18.2 Å². The minimum Gasteiger partial charge on any atom is -0.486 e. The summed E-state index contributed by atoms with van der Waals surface area (Å²) in [6.07, 6.45) is -4.39. The Morgan fingerprint density at radius 3 is 2.53 bits per heavy atom. The topological polar surface area (TPSA) is 26.3 Å².